The first kappa shape index (κ1) is 15.5. The van der Waals surface area contributed by atoms with Crippen molar-refractivity contribution in [2.24, 2.45) is 0 Å². The van der Waals surface area contributed by atoms with Gasteiger partial charge in [-0.05, 0) is 36.8 Å². The predicted octanol–water partition coefficient (Wildman–Crippen LogP) is 3.40. The molecule has 23 heavy (non-hydrogen) atoms. The summed E-state index contributed by atoms with van der Waals surface area (Å²) in [5.74, 6) is -0.922. The van der Waals surface area contributed by atoms with Crippen LogP contribution in [0.2, 0.25) is 0 Å². The molecule has 120 valence electrons. The molecule has 0 atom stereocenters. The van der Waals surface area contributed by atoms with Gasteiger partial charge in [-0.3, -0.25) is 14.4 Å². The van der Waals surface area contributed by atoms with Gasteiger partial charge in [0.05, 0.1) is 17.1 Å². The van der Waals surface area contributed by atoms with Crippen molar-refractivity contribution in [3.63, 3.8) is 0 Å². The Bertz CT molecular complexity index is 881. The minimum absolute atomic E-state index is 0.155. The molecule has 0 fully saturated rings. The largest absolute Gasteiger partial charge is 0.278 e. The van der Waals surface area contributed by atoms with Gasteiger partial charge in [-0.15, -0.1) is 0 Å². The SMILES string of the molecule is CCCC(=O)N1c2ccccc2NS(=O)(=O)c2cc(F)ccc21. The van der Waals surface area contributed by atoms with Crippen molar-refractivity contribution in [2.75, 3.05) is 9.62 Å². The zero-order valence-electron chi connectivity index (χ0n) is 12.4. The molecule has 0 spiro atoms. The molecule has 0 saturated heterocycles. The van der Waals surface area contributed by atoms with Crippen LogP contribution in [0.4, 0.5) is 21.5 Å². The lowest BCUT2D eigenvalue weighted by atomic mass is 10.2. The van der Waals surface area contributed by atoms with Gasteiger partial charge in [0.1, 0.15) is 10.7 Å². The highest BCUT2D eigenvalue weighted by molar-refractivity contribution is 7.93. The first-order valence-electron chi connectivity index (χ1n) is 7.18. The highest BCUT2D eigenvalue weighted by atomic mass is 32.2. The number of para-hydroxylation sites is 2. The van der Waals surface area contributed by atoms with E-state index < -0.39 is 15.8 Å². The summed E-state index contributed by atoms with van der Waals surface area (Å²) in [6, 6.07) is 10.0. The number of hydrogen-bond acceptors (Lipinski definition) is 3. The second-order valence-electron chi connectivity index (χ2n) is 5.21. The van der Waals surface area contributed by atoms with Crippen LogP contribution in [-0.2, 0) is 14.8 Å². The van der Waals surface area contributed by atoms with Crippen molar-refractivity contribution >= 4 is 33.0 Å². The normalized spacial score (nSPS) is 15.1. The number of fused-ring (bicyclic) bond motifs is 2. The molecule has 0 aromatic heterocycles. The third kappa shape index (κ3) is 2.68. The maximum Gasteiger partial charge on any atom is 0.264 e. The molecule has 0 saturated carbocycles. The molecule has 1 amide bonds. The van der Waals surface area contributed by atoms with Crippen LogP contribution in [-0.4, -0.2) is 14.3 Å². The number of benzene rings is 2. The number of halogens is 1. The van der Waals surface area contributed by atoms with Crippen molar-refractivity contribution in [1.82, 2.24) is 0 Å². The third-order valence-electron chi connectivity index (χ3n) is 3.55. The Labute approximate surface area is 133 Å². The minimum atomic E-state index is -3.98. The van der Waals surface area contributed by atoms with E-state index in [1.165, 1.54) is 11.0 Å². The highest BCUT2D eigenvalue weighted by Crippen LogP contribution is 2.41. The summed E-state index contributed by atoms with van der Waals surface area (Å²) in [6.07, 6.45) is 0.874. The van der Waals surface area contributed by atoms with E-state index in [-0.39, 0.29) is 28.6 Å². The number of carbonyl (C=O) groups is 1. The molecule has 2 aromatic rings. The van der Waals surface area contributed by atoms with Crippen LogP contribution in [0.1, 0.15) is 19.8 Å². The molecule has 0 unspecified atom stereocenters. The van der Waals surface area contributed by atoms with Crippen LogP contribution >= 0.6 is 0 Å². The van der Waals surface area contributed by atoms with Crippen LogP contribution in [0.5, 0.6) is 0 Å². The Hall–Kier alpha value is -2.41. The summed E-state index contributed by atoms with van der Waals surface area (Å²) in [7, 11) is -3.98. The zero-order chi connectivity index (χ0) is 16.6. The number of rotatable bonds is 2. The Balaban J connectivity index is 2.33. The molecule has 0 aliphatic carbocycles. The number of amides is 1. The lowest BCUT2D eigenvalue weighted by molar-refractivity contribution is -0.117. The van der Waals surface area contributed by atoms with Crippen molar-refractivity contribution in [3.8, 4) is 0 Å². The fourth-order valence-corrected chi connectivity index (χ4v) is 3.84. The topological polar surface area (TPSA) is 66.5 Å². The van der Waals surface area contributed by atoms with Gasteiger partial charge in [-0.25, -0.2) is 12.8 Å². The number of hydrogen-bond donors (Lipinski definition) is 1. The lowest BCUT2D eigenvalue weighted by Crippen LogP contribution is -2.26. The zero-order valence-corrected chi connectivity index (χ0v) is 13.2. The molecular weight excluding hydrogens is 319 g/mol. The smallest absolute Gasteiger partial charge is 0.264 e. The highest BCUT2D eigenvalue weighted by Gasteiger charge is 2.32. The Morgan fingerprint density at radius 2 is 1.91 bits per heavy atom. The van der Waals surface area contributed by atoms with Gasteiger partial charge < -0.3 is 0 Å². The Kier molecular flexibility index (Phi) is 3.81. The van der Waals surface area contributed by atoms with E-state index >= 15 is 0 Å². The molecule has 0 radical (unpaired) electrons. The van der Waals surface area contributed by atoms with E-state index in [1.807, 2.05) is 6.92 Å². The van der Waals surface area contributed by atoms with E-state index in [9.17, 15) is 17.6 Å². The number of anilines is 3. The third-order valence-corrected chi connectivity index (χ3v) is 4.95. The second kappa shape index (κ2) is 5.66. The maximum absolute atomic E-state index is 13.6. The molecule has 7 heteroatoms. The molecule has 1 aliphatic rings. The monoisotopic (exact) mass is 334 g/mol. The summed E-state index contributed by atoms with van der Waals surface area (Å²) in [6.45, 7) is 1.86. The Morgan fingerprint density at radius 1 is 1.17 bits per heavy atom. The second-order valence-corrected chi connectivity index (χ2v) is 6.86. The van der Waals surface area contributed by atoms with Crippen LogP contribution in [0.15, 0.2) is 47.4 Å². The molecule has 5 nitrogen and oxygen atoms in total. The van der Waals surface area contributed by atoms with Gasteiger partial charge in [0.25, 0.3) is 10.0 Å². The number of carbonyl (C=O) groups excluding carboxylic acids is 1. The minimum Gasteiger partial charge on any atom is -0.278 e. The summed E-state index contributed by atoms with van der Waals surface area (Å²) in [4.78, 5) is 13.7. The maximum atomic E-state index is 13.6. The van der Waals surface area contributed by atoms with Crippen molar-refractivity contribution in [3.05, 3.63) is 48.3 Å². The predicted molar refractivity (Wildman–Crippen MR) is 85.7 cm³/mol. The van der Waals surface area contributed by atoms with E-state index in [0.29, 0.717) is 12.1 Å². The number of sulfonamides is 1. The van der Waals surface area contributed by atoms with Crippen molar-refractivity contribution < 1.29 is 17.6 Å². The summed E-state index contributed by atoms with van der Waals surface area (Å²) in [5.41, 5.74) is 0.871. The molecule has 0 bridgehead atoms. The molecular formula is C16H15FN2O3S. The fourth-order valence-electron chi connectivity index (χ4n) is 2.57. The van der Waals surface area contributed by atoms with Crippen LogP contribution in [0, 0.1) is 5.82 Å². The number of nitrogens with zero attached hydrogens (tertiary/aromatic N) is 1. The number of nitrogens with one attached hydrogen (secondary N) is 1. The first-order chi connectivity index (χ1) is 10.9. The van der Waals surface area contributed by atoms with Gasteiger partial charge in [0.15, 0.2) is 0 Å². The van der Waals surface area contributed by atoms with Gasteiger partial charge in [-0.1, -0.05) is 19.1 Å². The molecule has 1 N–H and O–H groups in total. The average Bonchev–Trinajstić information content (AvgIpc) is 2.59. The quantitative estimate of drug-likeness (QED) is 0.915. The Morgan fingerprint density at radius 3 is 2.65 bits per heavy atom. The standard InChI is InChI=1S/C16H15FN2O3S/c1-2-5-16(20)19-13-7-4-3-6-12(13)18-23(21,22)15-10-11(17)8-9-14(15)19/h3-4,6-10,18H,2,5H2,1H3. The van der Waals surface area contributed by atoms with E-state index in [0.717, 1.165) is 12.1 Å². The summed E-state index contributed by atoms with van der Waals surface area (Å²) >= 11 is 0. The van der Waals surface area contributed by atoms with Crippen molar-refractivity contribution in [2.45, 2.75) is 24.7 Å². The van der Waals surface area contributed by atoms with Gasteiger partial charge in [0, 0.05) is 6.42 Å². The summed E-state index contributed by atoms with van der Waals surface area (Å²) < 4.78 is 41.0. The molecule has 1 aliphatic heterocycles. The summed E-state index contributed by atoms with van der Waals surface area (Å²) in [5, 5.41) is 0. The first-order valence-corrected chi connectivity index (χ1v) is 8.66. The molecule has 1 heterocycles. The van der Waals surface area contributed by atoms with Crippen molar-refractivity contribution in [1.29, 1.82) is 0 Å². The van der Waals surface area contributed by atoms with Gasteiger partial charge >= 0.3 is 0 Å². The molecule has 3 rings (SSSR count). The van der Waals surface area contributed by atoms with Crippen LogP contribution in [0.3, 0.4) is 0 Å². The van der Waals surface area contributed by atoms with E-state index in [2.05, 4.69) is 4.72 Å². The van der Waals surface area contributed by atoms with Crippen LogP contribution < -0.4 is 9.62 Å². The molecule has 2 aromatic carbocycles. The lowest BCUT2D eigenvalue weighted by Gasteiger charge is -2.23. The van der Waals surface area contributed by atoms with E-state index in [4.69, 9.17) is 0 Å². The fraction of sp³-hybridized carbons (Fsp3) is 0.188. The van der Waals surface area contributed by atoms with Crippen LogP contribution in [0.25, 0.3) is 0 Å². The van der Waals surface area contributed by atoms with Gasteiger partial charge in [-0.2, -0.15) is 0 Å². The van der Waals surface area contributed by atoms with Gasteiger partial charge in [0.2, 0.25) is 5.91 Å². The average molecular weight is 334 g/mol. The van der Waals surface area contributed by atoms with E-state index in [1.54, 1.807) is 24.3 Å².